The number of carboxylic acid groups (broad SMARTS) is 1. The molecule has 1 aliphatic heterocycles. The fourth-order valence-corrected chi connectivity index (χ4v) is 3.06. The number of halogens is 3. The van der Waals surface area contributed by atoms with Crippen molar-refractivity contribution in [1.29, 1.82) is 0 Å². The van der Waals surface area contributed by atoms with Crippen molar-refractivity contribution in [2.45, 2.75) is 6.18 Å². The second-order valence-corrected chi connectivity index (χ2v) is 6.50. The first-order valence-electron chi connectivity index (χ1n) is 8.95. The standard InChI is InChI=1S/C19H19F3N4O4/c1-30-13-4-2-3-12(11-13)23-18(29)26-9-7-25(8-10-26)15-6-5-14(17(27)28)16(24-15)19(20,21)22/h2-6,11H,7-10H2,1H3,(H,23,29)(H,27,28). The van der Waals surface area contributed by atoms with Crippen molar-refractivity contribution in [1.82, 2.24) is 9.88 Å². The third-order valence-electron chi connectivity index (χ3n) is 4.59. The maximum Gasteiger partial charge on any atom is 0.434 e. The van der Waals surface area contributed by atoms with Crippen LogP contribution in [0, 0.1) is 0 Å². The van der Waals surface area contributed by atoms with E-state index in [1.54, 1.807) is 29.2 Å². The average Bonchev–Trinajstić information content (AvgIpc) is 2.73. The highest BCUT2D eigenvalue weighted by Gasteiger charge is 2.38. The third kappa shape index (κ3) is 4.73. The number of piperazine rings is 1. The summed E-state index contributed by atoms with van der Waals surface area (Å²) in [5, 5.41) is 11.7. The van der Waals surface area contributed by atoms with Gasteiger partial charge in [-0.2, -0.15) is 13.2 Å². The Bertz CT molecular complexity index is 944. The lowest BCUT2D eigenvalue weighted by atomic mass is 10.1. The van der Waals surface area contributed by atoms with E-state index in [1.165, 1.54) is 18.1 Å². The Morgan fingerprint density at radius 3 is 2.43 bits per heavy atom. The second kappa shape index (κ2) is 8.47. The van der Waals surface area contributed by atoms with E-state index in [1.807, 2.05) is 0 Å². The summed E-state index contributed by atoms with van der Waals surface area (Å²) in [6, 6.07) is 8.65. The summed E-state index contributed by atoms with van der Waals surface area (Å²) in [5.41, 5.74) is -1.78. The molecule has 2 aromatic rings. The van der Waals surface area contributed by atoms with Crippen molar-refractivity contribution in [2.24, 2.45) is 0 Å². The van der Waals surface area contributed by atoms with Gasteiger partial charge in [0.1, 0.15) is 11.6 Å². The smallest absolute Gasteiger partial charge is 0.434 e. The molecule has 1 aliphatic rings. The largest absolute Gasteiger partial charge is 0.497 e. The molecule has 0 radical (unpaired) electrons. The van der Waals surface area contributed by atoms with Crippen LogP contribution in [0.2, 0.25) is 0 Å². The second-order valence-electron chi connectivity index (χ2n) is 6.50. The van der Waals surface area contributed by atoms with Gasteiger partial charge in [0.2, 0.25) is 0 Å². The van der Waals surface area contributed by atoms with Crippen molar-refractivity contribution in [3.05, 3.63) is 47.7 Å². The van der Waals surface area contributed by atoms with Gasteiger partial charge < -0.3 is 25.0 Å². The minimum Gasteiger partial charge on any atom is -0.497 e. The van der Waals surface area contributed by atoms with Gasteiger partial charge in [0.05, 0.1) is 12.7 Å². The predicted molar refractivity (Wildman–Crippen MR) is 102 cm³/mol. The molecule has 8 nitrogen and oxygen atoms in total. The number of aromatic nitrogens is 1. The molecule has 0 spiro atoms. The molecule has 2 heterocycles. The first-order chi connectivity index (χ1) is 14.2. The molecule has 0 aliphatic carbocycles. The van der Waals surface area contributed by atoms with Gasteiger partial charge in [0.15, 0.2) is 5.69 Å². The molecule has 30 heavy (non-hydrogen) atoms. The number of hydrogen-bond donors (Lipinski definition) is 2. The molecule has 2 N–H and O–H groups in total. The molecule has 0 atom stereocenters. The van der Waals surface area contributed by atoms with Crippen LogP contribution in [0.15, 0.2) is 36.4 Å². The fourth-order valence-electron chi connectivity index (χ4n) is 3.06. The van der Waals surface area contributed by atoms with E-state index in [-0.39, 0.29) is 38.0 Å². The number of carboxylic acids is 1. The van der Waals surface area contributed by atoms with Crippen LogP contribution < -0.4 is 15.0 Å². The SMILES string of the molecule is COc1cccc(NC(=O)N2CCN(c3ccc(C(=O)O)c(C(F)(F)F)n3)CC2)c1. The van der Waals surface area contributed by atoms with Gasteiger partial charge in [-0.25, -0.2) is 14.6 Å². The summed E-state index contributed by atoms with van der Waals surface area (Å²) in [4.78, 5) is 30.1. The number of ether oxygens (including phenoxy) is 1. The van der Waals surface area contributed by atoms with E-state index in [2.05, 4.69) is 10.3 Å². The highest BCUT2D eigenvalue weighted by Crippen LogP contribution is 2.32. The molecule has 0 unspecified atom stereocenters. The first kappa shape index (κ1) is 21.2. The summed E-state index contributed by atoms with van der Waals surface area (Å²) in [5.74, 6) is -1.09. The number of nitrogens with one attached hydrogen (secondary N) is 1. The van der Waals surface area contributed by atoms with Crippen molar-refractivity contribution in [2.75, 3.05) is 43.5 Å². The van der Waals surface area contributed by atoms with Crippen LogP contribution in [0.1, 0.15) is 16.1 Å². The minimum atomic E-state index is -4.89. The molecule has 2 amide bonds. The number of aromatic carboxylic acids is 1. The Balaban J connectivity index is 1.66. The number of urea groups is 1. The highest BCUT2D eigenvalue weighted by atomic mass is 19.4. The zero-order valence-corrected chi connectivity index (χ0v) is 15.9. The maximum absolute atomic E-state index is 13.2. The maximum atomic E-state index is 13.2. The number of amides is 2. The summed E-state index contributed by atoms with van der Waals surface area (Å²) in [6.07, 6.45) is -4.89. The van der Waals surface area contributed by atoms with Crippen LogP contribution in [0.4, 0.5) is 29.5 Å². The molecular weight excluding hydrogens is 405 g/mol. The fraction of sp³-hybridized carbons (Fsp3) is 0.316. The zero-order valence-electron chi connectivity index (χ0n) is 15.9. The molecule has 1 saturated heterocycles. The summed E-state index contributed by atoms with van der Waals surface area (Å²) < 4.78 is 44.6. The summed E-state index contributed by atoms with van der Waals surface area (Å²) in [7, 11) is 1.52. The molecule has 1 fully saturated rings. The summed E-state index contributed by atoms with van der Waals surface area (Å²) >= 11 is 0. The third-order valence-corrected chi connectivity index (χ3v) is 4.59. The number of carbonyl (C=O) groups is 2. The van der Waals surface area contributed by atoms with Crippen molar-refractivity contribution in [3.63, 3.8) is 0 Å². The molecule has 0 bridgehead atoms. The number of methoxy groups -OCH3 is 1. The van der Waals surface area contributed by atoms with Gasteiger partial charge in [0.25, 0.3) is 0 Å². The molecule has 11 heteroatoms. The van der Waals surface area contributed by atoms with Gasteiger partial charge in [-0.05, 0) is 24.3 Å². The van der Waals surface area contributed by atoms with E-state index in [4.69, 9.17) is 9.84 Å². The Labute approximate surface area is 169 Å². The number of hydrogen-bond acceptors (Lipinski definition) is 5. The van der Waals surface area contributed by atoms with Gasteiger partial charge in [-0.1, -0.05) is 6.07 Å². The lowest BCUT2D eigenvalue weighted by Crippen LogP contribution is -2.50. The first-order valence-corrected chi connectivity index (χ1v) is 8.95. The predicted octanol–water partition coefficient (Wildman–Crippen LogP) is 3.16. The van der Waals surface area contributed by atoms with Gasteiger partial charge >= 0.3 is 18.2 Å². The molecular formula is C19H19F3N4O4. The normalized spacial score (nSPS) is 14.4. The lowest BCUT2D eigenvalue weighted by molar-refractivity contribution is -0.141. The van der Waals surface area contributed by atoms with Crippen LogP contribution in [0.25, 0.3) is 0 Å². The highest BCUT2D eigenvalue weighted by molar-refractivity contribution is 5.90. The van der Waals surface area contributed by atoms with Crippen LogP contribution in [0.3, 0.4) is 0 Å². The molecule has 3 rings (SSSR count). The van der Waals surface area contributed by atoms with Gasteiger partial charge in [0, 0.05) is 37.9 Å². The van der Waals surface area contributed by atoms with Crippen molar-refractivity contribution < 1.29 is 32.6 Å². The number of alkyl halides is 3. The van der Waals surface area contributed by atoms with E-state index in [0.29, 0.717) is 11.4 Å². The van der Waals surface area contributed by atoms with E-state index < -0.39 is 23.4 Å². The van der Waals surface area contributed by atoms with E-state index in [0.717, 1.165) is 6.07 Å². The van der Waals surface area contributed by atoms with E-state index in [9.17, 15) is 22.8 Å². The number of anilines is 2. The minimum absolute atomic E-state index is 0.0141. The number of benzene rings is 1. The molecule has 0 saturated carbocycles. The van der Waals surface area contributed by atoms with Crippen molar-refractivity contribution in [3.8, 4) is 5.75 Å². The zero-order chi connectivity index (χ0) is 21.9. The number of nitrogens with zero attached hydrogens (tertiary/aromatic N) is 3. The van der Waals surface area contributed by atoms with Crippen LogP contribution in [-0.4, -0.2) is 60.3 Å². The van der Waals surface area contributed by atoms with Gasteiger partial charge in [-0.3, -0.25) is 0 Å². The molecule has 160 valence electrons. The number of rotatable bonds is 4. The quantitative estimate of drug-likeness (QED) is 0.783. The van der Waals surface area contributed by atoms with E-state index >= 15 is 0 Å². The topological polar surface area (TPSA) is 95.0 Å². The molecule has 1 aromatic heterocycles. The Hall–Kier alpha value is -3.50. The Kier molecular flexibility index (Phi) is 5.99. The lowest BCUT2D eigenvalue weighted by Gasteiger charge is -2.35. The monoisotopic (exact) mass is 424 g/mol. The Morgan fingerprint density at radius 2 is 1.83 bits per heavy atom. The van der Waals surface area contributed by atoms with Crippen LogP contribution in [0.5, 0.6) is 5.75 Å². The summed E-state index contributed by atoms with van der Waals surface area (Å²) in [6.45, 7) is 1.03. The number of pyridine rings is 1. The number of carbonyl (C=O) groups excluding carboxylic acids is 1. The van der Waals surface area contributed by atoms with Gasteiger partial charge in [-0.15, -0.1) is 0 Å². The van der Waals surface area contributed by atoms with Crippen LogP contribution in [-0.2, 0) is 6.18 Å². The van der Waals surface area contributed by atoms with Crippen molar-refractivity contribution >= 4 is 23.5 Å². The van der Waals surface area contributed by atoms with Crippen LogP contribution >= 0.6 is 0 Å². The molecule has 1 aromatic carbocycles. The average molecular weight is 424 g/mol. The Morgan fingerprint density at radius 1 is 1.13 bits per heavy atom.